The van der Waals surface area contributed by atoms with Crippen LogP contribution in [0.15, 0.2) is 4.40 Å². The Labute approximate surface area is 88.0 Å². The molecule has 0 bridgehead atoms. The molecule has 0 saturated carbocycles. The lowest BCUT2D eigenvalue weighted by Crippen LogP contribution is -2.42. The van der Waals surface area contributed by atoms with Gasteiger partial charge in [0, 0.05) is 0 Å². The minimum absolute atomic E-state index is 0.357. The molecule has 0 unspecified atom stereocenters. The van der Waals surface area contributed by atoms with Crippen molar-refractivity contribution in [1.29, 1.82) is 0 Å². The zero-order chi connectivity index (χ0) is 11.9. The van der Waals surface area contributed by atoms with Gasteiger partial charge in [0.2, 0.25) is 5.96 Å². The van der Waals surface area contributed by atoms with Crippen LogP contribution in [-0.2, 0) is 14.8 Å². The lowest BCUT2D eigenvalue weighted by atomic mass is 10.2. The van der Waals surface area contributed by atoms with Crippen molar-refractivity contribution < 1.29 is 17.9 Å². The van der Waals surface area contributed by atoms with Gasteiger partial charge in [-0.1, -0.05) is 0 Å². The maximum absolute atomic E-state index is 11.4. The number of carbonyl (C=O) groups excluding carboxylic acids is 1. The molecule has 0 fully saturated rings. The van der Waals surface area contributed by atoms with E-state index in [1.54, 1.807) is 20.8 Å². The molecule has 1 aliphatic heterocycles. The van der Waals surface area contributed by atoms with Crippen LogP contribution in [0.1, 0.15) is 20.8 Å². The fourth-order valence-corrected chi connectivity index (χ4v) is 1.92. The number of carbonyl (C=O) groups is 1. The zero-order valence-electron chi connectivity index (χ0n) is 8.72. The van der Waals surface area contributed by atoms with Crippen LogP contribution in [0.3, 0.4) is 0 Å². The highest BCUT2D eigenvalue weighted by molar-refractivity contribution is 7.90. The van der Waals surface area contributed by atoms with Crippen molar-refractivity contribution in [3.05, 3.63) is 0 Å². The third kappa shape index (κ3) is 3.08. The summed E-state index contributed by atoms with van der Waals surface area (Å²) in [6, 6.07) is 0. The molecule has 0 atom stereocenters. The molecule has 7 nitrogen and oxygen atoms in total. The van der Waals surface area contributed by atoms with Gasteiger partial charge < -0.3 is 10.5 Å². The van der Waals surface area contributed by atoms with E-state index in [0.29, 0.717) is 0 Å². The van der Waals surface area contributed by atoms with E-state index in [1.165, 1.54) is 0 Å². The summed E-state index contributed by atoms with van der Waals surface area (Å²) in [5.41, 5.74) is 4.57. The van der Waals surface area contributed by atoms with E-state index in [9.17, 15) is 13.2 Å². The van der Waals surface area contributed by atoms with Crippen LogP contribution in [0.4, 0.5) is 4.79 Å². The summed E-state index contributed by atoms with van der Waals surface area (Å²) in [5.74, 6) is -0.919. The average Bonchev–Trinajstić information content (AvgIpc) is 2.20. The van der Waals surface area contributed by atoms with Crippen LogP contribution in [0, 0.1) is 0 Å². The molecule has 0 saturated heterocycles. The highest BCUT2D eigenvalue weighted by Crippen LogP contribution is 2.14. The first-order valence-electron chi connectivity index (χ1n) is 4.19. The molecule has 1 amide bonds. The molecule has 86 valence electrons. The summed E-state index contributed by atoms with van der Waals surface area (Å²) in [7, 11) is -3.66. The Morgan fingerprint density at radius 2 is 2.07 bits per heavy atom. The van der Waals surface area contributed by atoms with Gasteiger partial charge in [-0.05, 0) is 20.8 Å². The number of hydrogen-bond acceptors (Lipinski definition) is 5. The topological polar surface area (TPSA) is 102 Å². The number of amides is 1. The van der Waals surface area contributed by atoms with Gasteiger partial charge in [-0.3, -0.25) is 0 Å². The van der Waals surface area contributed by atoms with Crippen molar-refractivity contribution in [3.8, 4) is 0 Å². The summed E-state index contributed by atoms with van der Waals surface area (Å²) >= 11 is 0. The molecule has 1 heterocycles. The fraction of sp³-hybridized carbons (Fsp3) is 0.714. The quantitative estimate of drug-likeness (QED) is 0.628. The molecule has 0 aromatic heterocycles. The van der Waals surface area contributed by atoms with Gasteiger partial charge in [-0.25, -0.2) is 18.1 Å². The standard InChI is InChI=1S/C7H13N3O4S/c1-7(2,3)14-6(11)10-4-15(12,13)9-5(10)8/h4H2,1-3H3,(H2,8,9). The predicted molar refractivity (Wildman–Crippen MR) is 53.5 cm³/mol. The van der Waals surface area contributed by atoms with Crippen LogP contribution in [0.25, 0.3) is 0 Å². The number of hydrogen-bond donors (Lipinski definition) is 1. The predicted octanol–water partition coefficient (Wildman–Crippen LogP) is -0.161. The monoisotopic (exact) mass is 235 g/mol. The average molecular weight is 235 g/mol. The van der Waals surface area contributed by atoms with E-state index in [1.807, 2.05) is 0 Å². The van der Waals surface area contributed by atoms with Crippen LogP contribution in [0.5, 0.6) is 0 Å². The number of nitrogens with zero attached hydrogens (tertiary/aromatic N) is 2. The van der Waals surface area contributed by atoms with Crippen LogP contribution in [0.2, 0.25) is 0 Å². The lowest BCUT2D eigenvalue weighted by molar-refractivity contribution is 0.0394. The normalized spacial score (nSPS) is 19.9. The van der Waals surface area contributed by atoms with E-state index in [0.717, 1.165) is 4.90 Å². The molecule has 0 aliphatic carbocycles. The molecular weight excluding hydrogens is 222 g/mol. The maximum Gasteiger partial charge on any atom is 0.418 e. The first-order chi connectivity index (χ1) is 6.61. The first kappa shape index (κ1) is 11.8. The van der Waals surface area contributed by atoms with E-state index < -0.39 is 27.6 Å². The Hall–Kier alpha value is -1.31. The van der Waals surface area contributed by atoms with Crippen LogP contribution >= 0.6 is 0 Å². The third-order valence-electron chi connectivity index (χ3n) is 1.42. The maximum atomic E-state index is 11.4. The van der Waals surface area contributed by atoms with Gasteiger partial charge in [0.05, 0.1) is 0 Å². The molecule has 0 radical (unpaired) electrons. The Bertz CT molecular complexity index is 406. The van der Waals surface area contributed by atoms with E-state index in [4.69, 9.17) is 10.5 Å². The highest BCUT2D eigenvalue weighted by Gasteiger charge is 2.34. The molecule has 0 aromatic carbocycles. The van der Waals surface area contributed by atoms with Gasteiger partial charge >= 0.3 is 6.09 Å². The van der Waals surface area contributed by atoms with Gasteiger partial charge in [-0.2, -0.15) is 0 Å². The molecule has 8 heteroatoms. The molecule has 0 aromatic rings. The van der Waals surface area contributed by atoms with Crippen molar-refractivity contribution in [2.75, 3.05) is 5.88 Å². The minimum atomic E-state index is -3.66. The molecular formula is C7H13N3O4S. The second-order valence-corrected chi connectivity index (χ2v) is 5.67. The summed E-state index contributed by atoms with van der Waals surface area (Å²) < 4.78 is 30.1. The highest BCUT2D eigenvalue weighted by atomic mass is 32.2. The zero-order valence-corrected chi connectivity index (χ0v) is 9.54. The number of rotatable bonds is 0. The summed E-state index contributed by atoms with van der Waals surface area (Å²) in [5, 5.41) is 0. The van der Waals surface area contributed by atoms with Crippen molar-refractivity contribution in [2.45, 2.75) is 26.4 Å². The number of guanidine groups is 1. The van der Waals surface area contributed by atoms with Crippen LogP contribution < -0.4 is 5.73 Å². The number of sulfonamides is 1. The molecule has 2 N–H and O–H groups in total. The second kappa shape index (κ2) is 3.37. The Morgan fingerprint density at radius 1 is 1.53 bits per heavy atom. The van der Waals surface area contributed by atoms with Crippen LogP contribution in [-0.4, -0.2) is 36.8 Å². The Kier molecular flexibility index (Phi) is 2.64. The van der Waals surface area contributed by atoms with Crippen molar-refractivity contribution >= 4 is 22.1 Å². The van der Waals surface area contributed by atoms with Gasteiger partial charge in [0.15, 0.2) is 5.88 Å². The number of ether oxygens (including phenoxy) is 1. The Balaban J connectivity index is 2.78. The minimum Gasteiger partial charge on any atom is -0.443 e. The van der Waals surface area contributed by atoms with Crippen molar-refractivity contribution in [2.24, 2.45) is 10.1 Å². The summed E-state index contributed by atoms with van der Waals surface area (Å²) in [4.78, 5) is 12.2. The SMILES string of the molecule is CC(C)(C)OC(=O)N1CS(=O)(=O)N=C1N. The molecule has 1 rings (SSSR count). The Morgan fingerprint density at radius 3 is 2.40 bits per heavy atom. The van der Waals surface area contributed by atoms with Crippen molar-refractivity contribution in [1.82, 2.24) is 4.90 Å². The van der Waals surface area contributed by atoms with Gasteiger partial charge in [0.25, 0.3) is 10.0 Å². The van der Waals surface area contributed by atoms with Gasteiger partial charge in [0.1, 0.15) is 5.60 Å². The van der Waals surface area contributed by atoms with E-state index in [2.05, 4.69) is 4.40 Å². The molecule has 0 spiro atoms. The molecule has 1 aliphatic rings. The third-order valence-corrected chi connectivity index (χ3v) is 2.47. The second-order valence-electron chi connectivity index (χ2n) is 4.07. The van der Waals surface area contributed by atoms with Crippen molar-refractivity contribution in [3.63, 3.8) is 0 Å². The lowest BCUT2D eigenvalue weighted by Gasteiger charge is -2.23. The van der Waals surface area contributed by atoms with Gasteiger partial charge in [-0.15, -0.1) is 4.40 Å². The fourth-order valence-electron chi connectivity index (χ4n) is 0.913. The van der Waals surface area contributed by atoms with E-state index in [-0.39, 0.29) is 5.96 Å². The number of nitrogens with two attached hydrogens (primary N) is 1. The first-order valence-corrected chi connectivity index (χ1v) is 5.80. The van der Waals surface area contributed by atoms with E-state index >= 15 is 0 Å². The smallest absolute Gasteiger partial charge is 0.418 e. The summed E-state index contributed by atoms with van der Waals surface area (Å²) in [6.07, 6.45) is -0.815. The largest absolute Gasteiger partial charge is 0.443 e. The molecule has 15 heavy (non-hydrogen) atoms. The summed E-state index contributed by atoms with van der Waals surface area (Å²) in [6.45, 7) is 5.01.